The molecule has 0 radical (unpaired) electrons. The van der Waals surface area contributed by atoms with Gasteiger partial charge < -0.3 is 10.6 Å². The first-order valence-corrected chi connectivity index (χ1v) is 5.90. The summed E-state index contributed by atoms with van der Waals surface area (Å²) in [6.07, 6.45) is 3.81. The van der Waals surface area contributed by atoms with Gasteiger partial charge >= 0.3 is 0 Å². The minimum absolute atomic E-state index is 0.123. The van der Waals surface area contributed by atoms with Crippen LogP contribution >= 0.6 is 0 Å². The predicted molar refractivity (Wildman–Crippen MR) is 69.8 cm³/mol. The van der Waals surface area contributed by atoms with Crippen molar-refractivity contribution in [2.45, 2.75) is 39.2 Å². The lowest BCUT2D eigenvalue weighted by Crippen LogP contribution is -2.41. The number of aromatic nitrogens is 1. The van der Waals surface area contributed by atoms with E-state index in [9.17, 15) is 0 Å². The molecule has 1 heterocycles. The SMILES string of the molecule is CCC(C)(C)N(C)c1ncccc1CCN. The lowest BCUT2D eigenvalue weighted by molar-refractivity contribution is 0.466. The van der Waals surface area contributed by atoms with Crippen LogP contribution < -0.4 is 10.6 Å². The Bertz CT molecular complexity index is 334. The molecule has 0 saturated carbocycles. The van der Waals surface area contributed by atoms with Gasteiger partial charge in [0, 0.05) is 18.8 Å². The van der Waals surface area contributed by atoms with Crippen LogP contribution in [-0.2, 0) is 6.42 Å². The fraction of sp³-hybridized carbons (Fsp3) is 0.615. The number of rotatable bonds is 5. The van der Waals surface area contributed by atoms with Crippen molar-refractivity contribution >= 4 is 5.82 Å². The van der Waals surface area contributed by atoms with E-state index in [1.165, 1.54) is 5.56 Å². The van der Waals surface area contributed by atoms with Crippen LogP contribution in [0.15, 0.2) is 18.3 Å². The molecule has 0 bridgehead atoms. The van der Waals surface area contributed by atoms with Gasteiger partial charge in [0.15, 0.2) is 0 Å². The van der Waals surface area contributed by atoms with Gasteiger partial charge in [-0.1, -0.05) is 13.0 Å². The molecule has 1 aromatic rings. The summed E-state index contributed by atoms with van der Waals surface area (Å²) in [5.74, 6) is 1.06. The molecule has 90 valence electrons. The highest BCUT2D eigenvalue weighted by Gasteiger charge is 2.23. The zero-order valence-electron chi connectivity index (χ0n) is 10.8. The van der Waals surface area contributed by atoms with E-state index in [4.69, 9.17) is 5.73 Å². The largest absolute Gasteiger partial charge is 0.354 e. The molecule has 0 saturated heterocycles. The normalized spacial score (nSPS) is 11.6. The van der Waals surface area contributed by atoms with Gasteiger partial charge in [-0.05, 0) is 44.9 Å². The van der Waals surface area contributed by atoms with Crippen LogP contribution in [0.1, 0.15) is 32.8 Å². The van der Waals surface area contributed by atoms with Crippen molar-refractivity contribution in [2.24, 2.45) is 5.73 Å². The van der Waals surface area contributed by atoms with Crippen LogP contribution in [0.5, 0.6) is 0 Å². The molecule has 16 heavy (non-hydrogen) atoms. The summed E-state index contributed by atoms with van der Waals surface area (Å²) in [6, 6.07) is 4.08. The number of hydrogen-bond donors (Lipinski definition) is 1. The van der Waals surface area contributed by atoms with Crippen molar-refractivity contribution in [3.63, 3.8) is 0 Å². The quantitative estimate of drug-likeness (QED) is 0.829. The van der Waals surface area contributed by atoms with Crippen LogP contribution in [0, 0.1) is 0 Å². The number of nitrogens with two attached hydrogens (primary N) is 1. The molecule has 0 unspecified atom stereocenters. The third-order valence-electron chi connectivity index (χ3n) is 3.37. The van der Waals surface area contributed by atoms with E-state index in [1.54, 1.807) is 0 Å². The Morgan fingerprint density at radius 1 is 1.44 bits per heavy atom. The van der Waals surface area contributed by atoms with Crippen molar-refractivity contribution in [2.75, 3.05) is 18.5 Å². The summed E-state index contributed by atoms with van der Waals surface area (Å²) in [7, 11) is 2.10. The first-order valence-electron chi connectivity index (χ1n) is 5.90. The third kappa shape index (κ3) is 2.73. The fourth-order valence-electron chi connectivity index (χ4n) is 1.61. The molecule has 3 nitrogen and oxygen atoms in total. The van der Waals surface area contributed by atoms with Crippen molar-refractivity contribution in [3.8, 4) is 0 Å². The number of nitrogens with zero attached hydrogens (tertiary/aromatic N) is 2. The Morgan fingerprint density at radius 3 is 2.69 bits per heavy atom. The van der Waals surface area contributed by atoms with Gasteiger partial charge in [-0.2, -0.15) is 0 Å². The van der Waals surface area contributed by atoms with Gasteiger partial charge in [0.05, 0.1) is 0 Å². The van der Waals surface area contributed by atoms with Crippen LogP contribution in [0.25, 0.3) is 0 Å². The van der Waals surface area contributed by atoms with Crippen LogP contribution in [0.3, 0.4) is 0 Å². The molecular formula is C13H23N3. The molecule has 2 N–H and O–H groups in total. The molecule has 0 spiro atoms. The molecule has 1 rings (SSSR count). The molecule has 0 aliphatic heterocycles. The van der Waals surface area contributed by atoms with E-state index in [0.717, 1.165) is 18.7 Å². The van der Waals surface area contributed by atoms with Gasteiger partial charge in [-0.3, -0.25) is 0 Å². The zero-order chi connectivity index (χ0) is 12.2. The minimum atomic E-state index is 0.123. The van der Waals surface area contributed by atoms with Gasteiger partial charge in [0.25, 0.3) is 0 Å². The van der Waals surface area contributed by atoms with Crippen molar-refractivity contribution in [1.82, 2.24) is 4.98 Å². The minimum Gasteiger partial charge on any atom is -0.354 e. The Balaban J connectivity index is 3.02. The number of hydrogen-bond acceptors (Lipinski definition) is 3. The highest BCUT2D eigenvalue weighted by atomic mass is 15.2. The second-order valence-electron chi connectivity index (χ2n) is 4.75. The highest BCUT2D eigenvalue weighted by Crippen LogP contribution is 2.25. The lowest BCUT2D eigenvalue weighted by atomic mass is 9.99. The van der Waals surface area contributed by atoms with E-state index in [0.29, 0.717) is 6.54 Å². The Hall–Kier alpha value is -1.09. The van der Waals surface area contributed by atoms with Crippen LogP contribution in [0.4, 0.5) is 5.82 Å². The molecule has 0 fully saturated rings. The predicted octanol–water partition coefficient (Wildman–Crippen LogP) is 2.21. The van der Waals surface area contributed by atoms with Crippen molar-refractivity contribution in [3.05, 3.63) is 23.9 Å². The summed E-state index contributed by atoms with van der Waals surface area (Å²) in [5.41, 5.74) is 6.98. The molecule has 1 aromatic heterocycles. The van der Waals surface area contributed by atoms with E-state index >= 15 is 0 Å². The van der Waals surface area contributed by atoms with Crippen LogP contribution in [0.2, 0.25) is 0 Å². The highest BCUT2D eigenvalue weighted by molar-refractivity contribution is 5.48. The third-order valence-corrected chi connectivity index (χ3v) is 3.37. The van der Waals surface area contributed by atoms with Crippen molar-refractivity contribution < 1.29 is 0 Å². The molecule has 0 atom stereocenters. The van der Waals surface area contributed by atoms with Gasteiger partial charge in [-0.15, -0.1) is 0 Å². The molecule has 0 aliphatic carbocycles. The summed E-state index contributed by atoms with van der Waals surface area (Å²) in [5, 5.41) is 0. The topological polar surface area (TPSA) is 42.2 Å². The van der Waals surface area contributed by atoms with E-state index in [1.807, 2.05) is 12.3 Å². The Morgan fingerprint density at radius 2 is 2.12 bits per heavy atom. The molecular weight excluding hydrogens is 198 g/mol. The summed E-state index contributed by atoms with van der Waals surface area (Å²) in [4.78, 5) is 6.73. The lowest BCUT2D eigenvalue weighted by Gasteiger charge is -2.36. The maximum Gasteiger partial charge on any atom is 0.131 e. The van der Waals surface area contributed by atoms with Gasteiger partial charge in [0.1, 0.15) is 5.82 Å². The maximum absolute atomic E-state index is 5.62. The van der Waals surface area contributed by atoms with Gasteiger partial charge in [-0.25, -0.2) is 4.98 Å². The number of anilines is 1. The van der Waals surface area contributed by atoms with E-state index in [2.05, 4.69) is 43.8 Å². The van der Waals surface area contributed by atoms with E-state index < -0.39 is 0 Å². The summed E-state index contributed by atoms with van der Waals surface area (Å²) in [6.45, 7) is 7.32. The zero-order valence-corrected chi connectivity index (χ0v) is 10.8. The van der Waals surface area contributed by atoms with Gasteiger partial charge in [0.2, 0.25) is 0 Å². The second-order valence-corrected chi connectivity index (χ2v) is 4.75. The Kier molecular flexibility index (Phi) is 4.30. The summed E-state index contributed by atoms with van der Waals surface area (Å²) < 4.78 is 0. The fourth-order valence-corrected chi connectivity index (χ4v) is 1.61. The average Bonchev–Trinajstić information content (AvgIpc) is 2.29. The second kappa shape index (κ2) is 5.30. The molecule has 0 aliphatic rings. The first-order chi connectivity index (χ1) is 7.53. The monoisotopic (exact) mass is 221 g/mol. The maximum atomic E-state index is 5.62. The average molecular weight is 221 g/mol. The van der Waals surface area contributed by atoms with Crippen molar-refractivity contribution in [1.29, 1.82) is 0 Å². The summed E-state index contributed by atoms with van der Waals surface area (Å²) >= 11 is 0. The van der Waals surface area contributed by atoms with Crippen LogP contribution in [-0.4, -0.2) is 24.1 Å². The standard InChI is InChI=1S/C13H23N3/c1-5-13(2,3)16(4)12-11(8-9-14)7-6-10-15-12/h6-7,10H,5,8-9,14H2,1-4H3. The van der Waals surface area contributed by atoms with E-state index in [-0.39, 0.29) is 5.54 Å². The Labute approximate surface area is 98.7 Å². The number of pyridine rings is 1. The smallest absolute Gasteiger partial charge is 0.131 e. The first kappa shape index (κ1) is 13.0. The molecule has 3 heteroatoms. The molecule has 0 aromatic carbocycles. The molecule has 0 amide bonds.